The van der Waals surface area contributed by atoms with Crippen LogP contribution in [0.5, 0.6) is 5.75 Å². The van der Waals surface area contributed by atoms with E-state index in [1.165, 1.54) is 0 Å². The van der Waals surface area contributed by atoms with E-state index in [1.807, 2.05) is 36.5 Å². The fourth-order valence-corrected chi connectivity index (χ4v) is 5.26. The number of aromatic nitrogens is 2. The number of amides is 1. The van der Waals surface area contributed by atoms with E-state index in [9.17, 15) is 9.59 Å². The van der Waals surface area contributed by atoms with E-state index in [0.717, 1.165) is 60.4 Å². The number of nitrogens with zero attached hydrogens (tertiary/aromatic N) is 2. The van der Waals surface area contributed by atoms with Gasteiger partial charge in [0.05, 0.1) is 22.3 Å². The molecule has 1 aliphatic rings. The summed E-state index contributed by atoms with van der Waals surface area (Å²) in [6.07, 6.45) is 6.41. The summed E-state index contributed by atoms with van der Waals surface area (Å²) in [6.45, 7) is 3.25. The quantitative estimate of drug-likeness (QED) is 0.162. The number of unbranched alkanes of at least 4 members (excludes halogenated alkanes) is 1. The molecule has 4 aromatic rings. The number of aromatic carboxylic acids is 1. The van der Waals surface area contributed by atoms with E-state index < -0.39 is 5.97 Å². The molecule has 1 aliphatic carbocycles. The molecule has 0 radical (unpaired) electrons. The Kier molecular flexibility index (Phi) is 9.50. The predicted molar refractivity (Wildman–Crippen MR) is 164 cm³/mol. The summed E-state index contributed by atoms with van der Waals surface area (Å²) < 4.78 is 8.05. The number of carboxylic acid groups (broad SMARTS) is 1. The third kappa shape index (κ3) is 7.52. The topological polar surface area (TPSA) is 93.5 Å². The Morgan fingerprint density at radius 1 is 1.05 bits per heavy atom. The third-order valence-corrected chi connectivity index (χ3v) is 7.86. The van der Waals surface area contributed by atoms with Crippen molar-refractivity contribution in [3.8, 4) is 17.0 Å². The van der Waals surface area contributed by atoms with Crippen molar-refractivity contribution in [3.05, 3.63) is 105 Å². The molecule has 218 valence electrons. The van der Waals surface area contributed by atoms with Crippen LogP contribution in [0.3, 0.4) is 0 Å². The van der Waals surface area contributed by atoms with Crippen molar-refractivity contribution in [2.45, 2.75) is 58.2 Å². The molecule has 1 saturated carbocycles. The Morgan fingerprint density at radius 3 is 2.40 bits per heavy atom. The summed E-state index contributed by atoms with van der Waals surface area (Å²) in [4.78, 5) is 29.1. The van der Waals surface area contributed by atoms with Gasteiger partial charge in [-0.2, -0.15) is 0 Å². The molecule has 2 N–H and O–H groups in total. The Labute approximate surface area is 255 Å². The fraction of sp³-hybridized carbons (Fsp3) is 0.303. The normalized spacial score (nSPS) is 13.5. The number of ether oxygens (including phenoxy) is 1. The van der Waals surface area contributed by atoms with Crippen molar-refractivity contribution < 1.29 is 19.4 Å². The number of benzene rings is 3. The van der Waals surface area contributed by atoms with Gasteiger partial charge in [0.25, 0.3) is 0 Å². The predicted octanol–water partition coefficient (Wildman–Crippen LogP) is 7.74. The minimum Gasteiger partial charge on any atom is -0.489 e. The highest BCUT2D eigenvalue weighted by molar-refractivity contribution is 6.36. The van der Waals surface area contributed by atoms with E-state index in [2.05, 4.69) is 16.8 Å². The van der Waals surface area contributed by atoms with Gasteiger partial charge in [-0.15, -0.1) is 0 Å². The maximum absolute atomic E-state index is 13.0. The number of nitrogens with one attached hydrogen (secondary N) is 1. The van der Waals surface area contributed by atoms with Gasteiger partial charge in [-0.05, 0) is 79.3 Å². The number of aryl methyl sites for hydroxylation is 1. The largest absolute Gasteiger partial charge is 0.489 e. The summed E-state index contributed by atoms with van der Waals surface area (Å²) in [7, 11) is 0. The third-order valence-electron chi connectivity index (χ3n) is 7.31. The van der Waals surface area contributed by atoms with Gasteiger partial charge in [0.1, 0.15) is 18.2 Å². The van der Waals surface area contributed by atoms with E-state index in [0.29, 0.717) is 28.8 Å². The molecule has 1 unspecified atom stereocenters. The first-order chi connectivity index (χ1) is 20.3. The molecule has 7 nitrogen and oxygen atoms in total. The number of hydrogen-bond acceptors (Lipinski definition) is 4. The molecular weight excluding hydrogens is 573 g/mol. The number of carboxylic acids is 1. The van der Waals surface area contributed by atoms with Gasteiger partial charge in [0.2, 0.25) is 5.91 Å². The second-order valence-electron chi connectivity index (χ2n) is 10.6. The number of hydrogen-bond donors (Lipinski definition) is 2. The maximum Gasteiger partial charge on any atom is 0.335 e. The average Bonchev–Trinajstić information content (AvgIpc) is 3.75. The Morgan fingerprint density at radius 2 is 1.76 bits per heavy atom. The fourth-order valence-electron chi connectivity index (χ4n) is 4.75. The van der Waals surface area contributed by atoms with Gasteiger partial charge >= 0.3 is 5.97 Å². The zero-order valence-corrected chi connectivity index (χ0v) is 24.9. The lowest BCUT2D eigenvalue weighted by Crippen LogP contribution is -2.33. The first-order valence-corrected chi connectivity index (χ1v) is 14.9. The Bertz CT molecular complexity index is 1550. The highest BCUT2D eigenvalue weighted by Gasteiger charge is 2.32. The first-order valence-electron chi connectivity index (χ1n) is 14.2. The molecule has 0 aliphatic heterocycles. The van der Waals surface area contributed by atoms with Crippen LogP contribution in [0.25, 0.3) is 11.3 Å². The molecule has 1 fully saturated rings. The number of halogens is 2. The van der Waals surface area contributed by atoms with E-state index in [4.69, 9.17) is 38.0 Å². The first kappa shape index (κ1) is 29.7. The van der Waals surface area contributed by atoms with Gasteiger partial charge in [-0.3, -0.25) is 4.79 Å². The molecule has 3 aromatic carbocycles. The molecule has 1 amide bonds. The summed E-state index contributed by atoms with van der Waals surface area (Å²) >= 11 is 12.7. The molecule has 0 spiro atoms. The van der Waals surface area contributed by atoms with Crippen molar-refractivity contribution in [2.75, 3.05) is 0 Å². The lowest BCUT2D eigenvalue weighted by atomic mass is 10.0. The number of carbonyl (C=O) groups excluding carboxylic acids is 1. The lowest BCUT2D eigenvalue weighted by Gasteiger charge is -2.20. The number of rotatable bonds is 13. The summed E-state index contributed by atoms with van der Waals surface area (Å²) in [5.41, 5.74) is 3.69. The van der Waals surface area contributed by atoms with Crippen LogP contribution in [-0.2, 0) is 24.4 Å². The van der Waals surface area contributed by atoms with Gasteiger partial charge in [-0.1, -0.05) is 60.8 Å². The molecule has 1 heterocycles. The number of carbonyl (C=O) groups is 2. The molecule has 42 heavy (non-hydrogen) atoms. The highest BCUT2D eigenvalue weighted by atomic mass is 35.5. The lowest BCUT2D eigenvalue weighted by molar-refractivity contribution is -0.123. The summed E-state index contributed by atoms with van der Waals surface area (Å²) in [6, 6.07) is 19.5. The highest BCUT2D eigenvalue weighted by Crippen LogP contribution is 2.33. The molecule has 0 saturated heterocycles. The molecule has 5 rings (SSSR count). The second kappa shape index (κ2) is 13.4. The van der Waals surface area contributed by atoms with Crippen molar-refractivity contribution in [2.24, 2.45) is 5.92 Å². The van der Waals surface area contributed by atoms with Crippen LogP contribution in [-0.4, -0.2) is 26.5 Å². The van der Waals surface area contributed by atoms with Crippen LogP contribution in [0.2, 0.25) is 10.0 Å². The van der Waals surface area contributed by atoms with Gasteiger partial charge in [-0.25, -0.2) is 9.78 Å². The van der Waals surface area contributed by atoms with Crippen LogP contribution in [0.15, 0.2) is 72.9 Å². The maximum atomic E-state index is 13.0. The van der Waals surface area contributed by atoms with Crippen molar-refractivity contribution in [1.29, 1.82) is 0 Å². The van der Waals surface area contributed by atoms with Crippen LogP contribution >= 0.6 is 23.2 Å². The second-order valence-corrected chi connectivity index (χ2v) is 11.5. The molecular formula is C33H33Cl2N3O4. The smallest absolute Gasteiger partial charge is 0.335 e. The van der Waals surface area contributed by atoms with E-state index >= 15 is 0 Å². The van der Waals surface area contributed by atoms with Crippen LogP contribution in [0.1, 0.15) is 66.0 Å². The monoisotopic (exact) mass is 605 g/mol. The van der Waals surface area contributed by atoms with E-state index in [1.54, 1.807) is 36.4 Å². The Balaban J connectivity index is 1.36. The molecule has 1 atom stereocenters. The van der Waals surface area contributed by atoms with Gasteiger partial charge in [0, 0.05) is 29.2 Å². The van der Waals surface area contributed by atoms with Crippen LogP contribution < -0.4 is 10.1 Å². The van der Waals surface area contributed by atoms with E-state index in [-0.39, 0.29) is 23.4 Å². The molecule has 1 aromatic heterocycles. The van der Waals surface area contributed by atoms with Crippen LogP contribution in [0.4, 0.5) is 0 Å². The zero-order chi connectivity index (χ0) is 29.6. The summed E-state index contributed by atoms with van der Waals surface area (Å²) in [5, 5.41) is 13.4. The van der Waals surface area contributed by atoms with Crippen molar-refractivity contribution in [3.63, 3.8) is 0 Å². The SMILES string of the molecule is CCCCn1cc(-c2ccc(Cl)cc2Cl)nc1C(Cc1ccc(OCc2ccc(C(=O)O)cc2)cc1)NC(=O)C1CC1. The molecule has 9 heteroatoms. The molecule has 0 bridgehead atoms. The zero-order valence-electron chi connectivity index (χ0n) is 23.4. The van der Waals surface area contributed by atoms with Crippen molar-refractivity contribution in [1.82, 2.24) is 14.9 Å². The van der Waals surface area contributed by atoms with Crippen LogP contribution in [0, 0.1) is 5.92 Å². The van der Waals surface area contributed by atoms with Crippen molar-refractivity contribution >= 4 is 35.1 Å². The Hall–Kier alpha value is -3.81. The summed E-state index contributed by atoms with van der Waals surface area (Å²) in [5.74, 6) is 0.664. The van der Waals surface area contributed by atoms with Gasteiger partial charge < -0.3 is 19.7 Å². The standard InChI is InChI=1S/C33H33Cl2N3O4/c1-2-3-16-38-19-30(27-15-12-25(34)18-28(27)35)36-31(38)29(37-32(39)23-10-11-23)17-21-6-13-26(14-7-21)42-20-22-4-8-24(9-5-22)33(40)41/h4-9,12-15,18-19,23,29H,2-3,10-11,16-17,20H2,1H3,(H,37,39)(H,40,41). The average molecular weight is 607 g/mol. The van der Waals surface area contributed by atoms with Gasteiger partial charge in [0.15, 0.2) is 0 Å². The minimum atomic E-state index is -0.956. The minimum absolute atomic E-state index is 0.0602. The number of imidazole rings is 1.